The van der Waals surface area contributed by atoms with Gasteiger partial charge in [0.25, 0.3) is 5.91 Å². The van der Waals surface area contributed by atoms with Crippen molar-refractivity contribution in [3.8, 4) is 16.2 Å². The number of hydrogen-bond acceptors (Lipinski definition) is 5. The molecule has 2 aromatic carbocycles. The molecule has 1 aromatic heterocycles. The zero-order valence-corrected chi connectivity index (χ0v) is 13.9. The van der Waals surface area contributed by atoms with Crippen molar-refractivity contribution in [2.24, 2.45) is 0 Å². The Morgan fingerprint density at radius 3 is 2.72 bits per heavy atom. The number of benzene rings is 2. The first kappa shape index (κ1) is 15.4. The van der Waals surface area contributed by atoms with Gasteiger partial charge in [0.15, 0.2) is 12.4 Å². The van der Waals surface area contributed by atoms with Gasteiger partial charge in [0.2, 0.25) is 0 Å². The molecule has 3 aromatic rings. The number of ketones is 1. The second kappa shape index (κ2) is 6.07. The fourth-order valence-electron chi connectivity index (χ4n) is 2.71. The average Bonchev–Trinajstić information content (AvgIpc) is 3.03. The van der Waals surface area contributed by atoms with E-state index in [0.717, 1.165) is 10.4 Å². The van der Waals surface area contributed by atoms with Crippen LogP contribution >= 0.6 is 11.3 Å². The van der Waals surface area contributed by atoms with Gasteiger partial charge in [-0.05, 0) is 29.8 Å². The normalized spacial score (nSPS) is 12.9. The lowest BCUT2D eigenvalue weighted by Gasteiger charge is -2.18. The minimum absolute atomic E-state index is 0.0157. The van der Waals surface area contributed by atoms with Crippen LogP contribution in [0.1, 0.15) is 15.9 Å². The Kier molecular flexibility index (Phi) is 3.74. The number of thiophene rings is 1. The maximum atomic E-state index is 12.9. The van der Waals surface area contributed by atoms with Crippen LogP contribution in [0, 0.1) is 0 Å². The molecule has 4 rings (SSSR count). The molecule has 1 amide bonds. The molecule has 0 fully saturated rings. The van der Waals surface area contributed by atoms with Crippen LogP contribution in [0.3, 0.4) is 0 Å². The van der Waals surface area contributed by atoms with E-state index in [1.165, 1.54) is 11.3 Å². The maximum absolute atomic E-state index is 12.9. The van der Waals surface area contributed by atoms with Crippen molar-refractivity contribution in [2.45, 2.75) is 0 Å². The lowest BCUT2D eigenvalue weighted by atomic mass is 10.0. The maximum Gasteiger partial charge on any atom is 0.262 e. The number of carbonyl (C=O) groups excluding carboxylic acids is 2. The predicted molar refractivity (Wildman–Crippen MR) is 98.2 cm³/mol. The number of hydrogen-bond donors (Lipinski definition) is 2. The summed E-state index contributed by atoms with van der Waals surface area (Å²) in [5, 5.41) is 3.18. The zero-order valence-electron chi connectivity index (χ0n) is 13.1. The molecular weight excluding hydrogens is 336 g/mol. The first-order chi connectivity index (χ1) is 12.1. The highest BCUT2D eigenvalue weighted by atomic mass is 32.1. The van der Waals surface area contributed by atoms with E-state index >= 15 is 0 Å². The van der Waals surface area contributed by atoms with Gasteiger partial charge in [0.05, 0.1) is 16.3 Å². The van der Waals surface area contributed by atoms with Crippen LogP contribution in [0.25, 0.3) is 10.4 Å². The van der Waals surface area contributed by atoms with Gasteiger partial charge in [-0.15, -0.1) is 11.3 Å². The summed E-state index contributed by atoms with van der Waals surface area (Å²) in [5.41, 5.74) is 8.51. The summed E-state index contributed by atoms with van der Waals surface area (Å²) in [7, 11) is 0. The standard InChI is InChI=1S/C19H14N2O3S/c20-19-13(9-16(25-19)11-4-2-1-3-5-11)18(23)12-6-7-15-14(8-12)21-17(22)10-24-15/h1-9H,10,20H2,(H,21,22). The average molecular weight is 350 g/mol. The van der Waals surface area contributed by atoms with Crippen molar-refractivity contribution >= 4 is 33.7 Å². The second-order valence-electron chi connectivity index (χ2n) is 5.63. The number of fused-ring (bicyclic) bond motifs is 1. The lowest BCUT2D eigenvalue weighted by molar-refractivity contribution is -0.118. The van der Waals surface area contributed by atoms with Crippen LogP contribution < -0.4 is 15.8 Å². The van der Waals surface area contributed by atoms with E-state index in [1.54, 1.807) is 18.2 Å². The molecule has 0 atom stereocenters. The minimum atomic E-state index is -0.237. The van der Waals surface area contributed by atoms with E-state index in [0.29, 0.717) is 27.6 Å². The van der Waals surface area contributed by atoms with Gasteiger partial charge in [-0.2, -0.15) is 0 Å². The summed E-state index contributed by atoms with van der Waals surface area (Å²) >= 11 is 1.38. The summed E-state index contributed by atoms with van der Waals surface area (Å²) in [5.74, 6) is 0.136. The van der Waals surface area contributed by atoms with Gasteiger partial charge < -0.3 is 15.8 Å². The molecule has 0 spiro atoms. The highest BCUT2D eigenvalue weighted by Gasteiger charge is 2.21. The molecule has 5 nitrogen and oxygen atoms in total. The second-order valence-corrected chi connectivity index (χ2v) is 6.72. The Morgan fingerprint density at radius 1 is 1.12 bits per heavy atom. The number of carbonyl (C=O) groups is 2. The fourth-order valence-corrected chi connectivity index (χ4v) is 3.64. The molecule has 0 unspecified atom stereocenters. The van der Waals surface area contributed by atoms with Gasteiger partial charge in [-0.25, -0.2) is 0 Å². The van der Waals surface area contributed by atoms with Gasteiger partial charge in [0.1, 0.15) is 5.75 Å². The fraction of sp³-hybridized carbons (Fsp3) is 0.0526. The Bertz CT molecular complexity index is 980. The Labute approximate surface area is 148 Å². The number of rotatable bonds is 3. The Balaban J connectivity index is 1.69. The van der Waals surface area contributed by atoms with Crippen molar-refractivity contribution in [2.75, 3.05) is 17.7 Å². The first-order valence-electron chi connectivity index (χ1n) is 7.68. The summed E-state index contributed by atoms with van der Waals surface area (Å²) in [4.78, 5) is 25.2. The molecule has 0 bridgehead atoms. The monoisotopic (exact) mass is 350 g/mol. The Morgan fingerprint density at radius 2 is 1.92 bits per heavy atom. The third-order valence-corrected chi connectivity index (χ3v) is 4.95. The molecule has 1 aliphatic rings. The van der Waals surface area contributed by atoms with E-state index in [9.17, 15) is 9.59 Å². The number of nitrogens with two attached hydrogens (primary N) is 1. The summed E-state index contributed by atoms with van der Waals surface area (Å²) in [6, 6.07) is 16.6. The van der Waals surface area contributed by atoms with Gasteiger partial charge in [0, 0.05) is 10.4 Å². The van der Waals surface area contributed by atoms with E-state index in [-0.39, 0.29) is 18.3 Å². The lowest BCUT2D eigenvalue weighted by Crippen LogP contribution is -2.25. The van der Waals surface area contributed by atoms with E-state index < -0.39 is 0 Å². The molecule has 3 N–H and O–H groups in total. The van der Waals surface area contributed by atoms with Crippen LogP contribution in [0.4, 0.5) is 10.7 Å². The smallest absolute Gasteiger partial charge is 0.262 e. The van der Waals surface area contributed by atoms with Crippen molar-refractivity contribution in [1.29, 1.82) is 0 Å². The minimum Gasteiger partial charge on any atom is -0.482 e. The molecule has 25 heavy (non-hydrogen) atoms. The van der Waals surface area contributed by atoms with Gasteiger partial charge in [-0.3, -0.25) is 9.59 Å². The SMILES string of the molecule is Nc1sc(-c2ccccc2)cc1C(=O)c1ccc2c(c1)NC(=O)CO2. The third kappa shape index (κ3) is 2.88. The molecule has 0 radical (unpaired) electrons. The summed E-state index contributed by atoms with van der Waals surface area (Å²) in [6.07, 6.45) is 0. The molecule has 0 saturated heterocycles. The quantitative estimate of drug-likeness (QED) is 0.708. The molecule has 1 aliphatic heterocycles. The highest BCUT2D eigenvalue weighted by Crippen LogP contribution is 2.36. The highest BCUT2D eigenvalue weighted by molar-refractivity contribution is 7.19. The number of amides is 1. The van der Waals surface area contributed by atoms with Gasteiger partial charge in [-0.1, -0.05) is 30.3 Å². The number of nitrogens with one attached hydrogen (secondary N) is 1. The zero-order chi connectivity index (χ0) is 17.4. The molecule has 0 saturated carbocycles. The molecular formula is C19H14N2O3S. The summed E-state index contributed by atoms with van der Waals surface area (Å²) < 4.78 is 5.32. The number of nitrogen functional groups attached to an aromatic ring is 1. The molecule has 124 valence electrons. The number of anilines is 2. The number of ether oxygens (including phenoxy) is 1. The van der Waals surface area contributed by atoms with Crippen LogP contribution in [0.2, 0.25) is 0 Å². The topological polar surface area (TPSA) is 81.4 Å². The molecule has 6 heteroatoms. The largest absolute Gasteiger partial charge is 0.482 e. The third-order valence-electron chi connectivity index (χ3n) is 3.94. The van der Waals surface area contributed by atoms with E-state index in [4.69, 9.17) is 10.5 Å². The van der Waals surface area contributed by atoms with Crippen LogP contribution in [-0.4, -0.2) is 18.3 Å². The molecule has 0 aliphatic carbocycles. The van der Waals surface area contributed by atoms with Crippen LogP contribution in [-0.2, 0) is 4.79 Å². The van der Waals surface area contributed by atoms with E-state index in [1.807, 2.05) is 36.4 Å². The van der Waals surface area contributed by atoms with Crippen molar-refractivity contribution < 1.29 is 14.3 Å². The summed E-state index contributed by atoms with van der Waals surface area (Å²) in [6.45, 7) is -0.0157. The predicted octanol–water partition coefficient (Wildman–Crippen LogP) is 3.56. The first-order valence-corrected chi connectivity index (χ1v) is 8.49. The van der Waals surface area contributed by atoms with Gasteiger partial charge >= 0.3 is 0 Å². The Hall–Kier alpha value is -3.12. The van der Waals surface area contributed by atoms with Crippen LogP contribution in [0.5, 0.6) is 5.75 Å². The molecule has 2 heterocycles. The van der Waals surface area contributed by atoms with Crippen molar-refractivity contribution in [1.82, 2.24) is 0 Å². The van der Waals surface area contributed by atoms with Crippen LogP contribution in [0.15, 0.2) is 54.6 Å². The van der Waals surface area contributed by atoms with E-state index in [2.05, 4.69) is 5.32 Å². The van der Waals surface area contributed by atoms with Crippen molar-refractivity contribution in [3.63, 3.8) is 0 Å². The van der Waals surface area contributed by atoms with Crippen molar-refractivity contribution in [3.05, 3.63) is 65.7 Å².